The minimum absolute atomic E-state index is 0.178. The SMILES string of the molecule is Cc1cn2c(C(=O)NCc3ccc(N4CCC5(CCN(c6ccc(C(F)(F)F)cc6)CC5)CC4)c(F)c3)c(C)nc2s1. The summed E-state index contributed by atoms with van der Waals surface area (Å²) in [7, 11) is 0. The van der Waals surface area contributed by atoms with Gasteiger partial charge in [-0.15, -0.1) is 11.3 Å². The number of fused-ring (bicyclic) bond motifs is 1. The molecule has 2 aromatic heterocycles. The van der Waals surface area contributed by atoms with Crippen molar-refractivity contribution in [2.75, 3.05) is 36.0 Å². The van der Waals surface area contributed by atoms with E-state index in [4.69, 9.17) is 0 Å². The van der Waals surface area contributed by atoms with E-state index in [0.717, 1.165) is 79.5 Å². The first-order valence-electron chi connectivity index (χ1n) is 14.2. The molecular weight excluding hydrogens is 566 g/mol. The van der Waals surface area contributed by atoms with Crippen molar-refractivity contribution in [1.82, 2.24) is 14.7 Å². The highest BCUT2D eigenvalue weighted by atomic mass is 32.1. The molecule has 42 heavy (non-hydrogen) atoms. The van der Waals surface area contributed by atoms with Crippen molar-refractivity contribution in [1.29, 1.82) is 0 Å². The van der Waals surface area contributed by atoms with Gasteiger partial charge in [0.1, 0.15) is 11.5 Å². The van der Waals surface area contributed by atoms with Gasteiger partial charge in [0.25, 0.3) is 5.91 Å². The lowest BCUT2D eigenvalue weighted by Gasteiger charge is -2.48. The first-order valence-corrected chi connectivity index (χ1v) is 15.0. The minimum atomic E-state index is -4.33. The Bertz CT molecular complexity index is 1590. The molecule has 6 nitrogen and oxygen atoms in total. The molecule has 1 amide bonds. The van der Waals surface area contributed by atoms with Crippen molar-refractivity contribution >= 4 is 33.6 Å². The number of rotatable bonds is 5. The summed E-state index contributed by atoms with van der Waals surface area (Å²) >= 11 is 1.53. The number of hydrogen-bond acceptors (Lipinski definition) is 5. The minimum Gasteiger partial charge on any atom is -0.371 e. The van der Waals surface area contributed by atoms with Crippen LogP contribution in [0, 0.1) is 25.1 Å². The third kappa shape index (κ3) is 5.58. The molecule has 0 unspecified atom stereocenters. The smallest absolute Gasteiger partial charge is 0.371 e. The highest BCUT2D eigenvalue weighted by Crippen LogP contribution is 2.43. The summed E-state index contributed by atoms with van der Waals surface area (Å²) in [5.74, 6) is -0.542. The van der Waals surface area contributed by atoms with Crippen molar-refractivity contribution in [3.8, 4) is 0 Å². The zero-order chi connectivity index (χ0) is 29.6. The number of piperidine rings is 2. The normalized spacial score (nSPS) is 17.3. The van der Waals surface area contributed by atoms with E-state index in [1.165, 1.54) is 17.4 Å². The van der Waals surface area contributed by atoms with Crippen LogP contribution < -0.4 is 15.1 Å². The van der Waals surface area contributed by atoms with Crippen molar-refractivity contribution in [2.45, 2.75) is 52.3 Å². The van der Waals surface area contributed by atoms with Crippen LogP contribution in [-0.2, 0) is 12.7 Å². The second-order valence-electron chi connectivity index (χ2n) is 11.5. The molecule has 2 saturated heterocycles. The fourth-order valence-corrected chi connectivity index (χ4v) is 7.21. The van der Waals surface area contributed by atoms with Gasteiger partial charge in [-0.3, -0.25) is 9.20 Å². The van der Waals surface area contributed by atoms with Gasteiger partial charge in [0, 0.05) is 49.5 Å². The number of halogens is 4. The van der Waals surface area contributed by atoms with Gasteiger partial charge in [-0.2, -0.15) is 13.2 Å². The maximum absolute atomic E-state index is 15.2. The summed E-state index contributed by atoms with van der Waals surface area (Å²) in [4.78, 5) is 23.5. The van der Waals surface area contributed by atoms with Crippen molar-refractivity contribution < 1.29 is 22.4 Å². The first-order chi connectivity index (χ1) is 20.0. The van der Waals surface area contributed by atoms with E-state index in [9.17, 15) is 18.0 Å². The van der Waals surface area contributed by atoms with Gasteiger partial charge < -0.3 is 15.1 Å². The number of hydrogen-bond donors (Lipinski definition) is 1. The predicted octanol–water partition coefficient (Wildman–Crippen LogP) is 6.99. The van der Waals surface area contributed by atoms with E-state index in [0.29, 0.717) is 22.6 Å². The van der Waals surface area contributed by atoms with E-state index < -0.39 is 11.7 Å². The summed E-state index contributed by atoms with van der Waals surface area (Å²) in [5, 5.41) is 2.90. The summed E-state index contributed by atoms with van der Waals surface area (Å²) < 4.78 is 55.8. The second-order valence-corrected chi connectivity index (χ2v) is 12.7. The number of amides is 1. The molecule has 0 atom stereocenters. The molecule has 2 aliphatic rings. The van der Waals surface area contributed by atoms with Gasteiger partial charge in [0.2, 0.25) is 0 Å². The Morgan fingerprint density at radius 3 is 2.24 bits per heavy atom. The maximum Gasteiger partial charge on any atom is 0.416 e. The summed E-state index contributed by atoms with van der Waals surface area (Å²) in [5.41, 5.74) is 2.79. The maximum atomic E-state index is 15.2. The monoisotopic (exact) mass is 599 g/mol. The van der Waals surface area contributed by atoms with Gasteiger partial charge >= 0.3 is 6.18 Å². The van der Waals surface area contributed by atoms with Gasteiger partial charge in [-0.05, 0) is 86.9 Å². The average molecular weight is 600 g/mol. The number of alkyl halides is 3. The van der Waals surface area contributed by atoms with Crippen LogP contribution in [0.3, 0.4) is 0 Å². The molecule has 6 rings (SSSR count). The second kappa shape index (κ2) is 10.9. The van der Waals surface area contributed by atoms with Crippen LogP contribution in [0.25, 0.3) is 4.96 Å². The Morgan fingerprint density at radius 1 is 0.976 bits per heavy atom. The van der Waals surface area contributed by atoms with E-state index in [1.807, 2.05) is 26.1 Å². The van der Waals surface area contributed by atoms with Crippen LogP contribution in [0.4, 0.5) is 28.9 Å². The quantitative estimate of drug-likeness (QED) is 0.252. The molecule has 2 aliphatic heterocycles. The molecule has 2 aromatic carbocycles. The lowest BCUT2D eigenvalue weighted by Crippen LogP contribution is -2.47. The molecule has 0 saturated carbocycles. The number of nitrogens with one attached hydrogen (secondary N) is 1. The van der Waals surface area contributed by atoms with E-state index >= 15 is 4.39 Å². The topological polar surface area (TPSA) is 52.9 Å². The summed E-state index contributed by atoms with van der Waals surface area (Å²) in [6, 6.07) is 10.6. The number of carbonyl (C=O) groups excluding carboxylic acids is 1. The van der Waals surface area contributed by atoms with Gasteiger partial charge in [0.05, 0.1) is 16.9 Å². The Hall–Kier alpha value is -3.60. The fraction of sp³-hybridized carbons (Fsp3) is 0.419. The predicted molar refractivity (Wildman–Crippen MR) is 157 cm³/mol. The fourth-order valence-electron chi connectivity index (χ4n) is 6.34. The van der Waals surface area contributed by atoms with Gasteiger partial charge in [-0.1, -0.05) is 6.07 Å². The highest BCUT2D eigenvalue weighted by molar-refractivity contribution is 7.17. The number of thiazole rings is 1. The largest absolute Gasteiger partial charge is 0.416 e. The number of anilines is 2. The Balaban J connectivity index is 1.02. The van der Waals surface area contributed by atoms with E-state index in [-0.39, 0.29) is 23.7 Å². The third-order valence-corrected chi connectivity index (χ3v) is 9.74. The number of imidazole rings is 1. The molecule has 1 spiro atoms. The van der Waals surface area contributed by atoms with Crippen molar-refractivity contribution in [3.05, 3.63) is 81.9 Å². The Morgan fingerprint density at radius 2 is 1.62 bits per heavy atom. The molecule has 2 fully saturated rings. The van der Waals surface area contributed by atoms with Gasteiger partial charge in [-0.25, -0.2) is 9.37 Å². The standard InChI is InChI=1S/C31H33F4N5OS/c1-20-19-40-27(21(2)37-29(40)42-20)28(41)36-18-22-3-8-26(25(32)17-22)39-15-11-30(12-16-39)9-13-38(14-10-30)24-6-4-23(5-7-24)31(33,34)35/h3-8,17,19H,9-16,18H2,1-2H3,(H,36,41). The molecular formula is C31H33F4N5OS. The van der Waals surface area contributed by atoms with E-state index in [2.05, 4.69) is 20.1 Å². The molecule has 4 aromatic rings. The van der Waals surface area contributed by atoms with Crippen molar-refractivity contribution in [2.24, 2.45) is 5.41 Å². The highest BCUT2D eigenvalue weighted by Gasteiger charge is 2.38. The molecule has 11 heteroatoms. The van der Waals surface area contributed by atoms with Crippen LogP contribution in [-0.4, -0.2) is 41.5 Å². The zero-order valence-corrected chi connectivity index (χ0v) is 24.4. The number of carbonyl (C=O) groups is 1. The van der Waals surface area contributed by atoms with Crippen LogP contribution in [0.15, 0.2) is 48.7 Å². The molecule has 4 heterocycles. The average Bonchev–Trinajstić information content (AvgIpc) is 3.46. The van der Waals surface area contributed by atoms with Gasteiger partial charge in [0.15, 0.2) is 4.96 Å². The number of aromatic nitrogens is 2. The lowest BCUT2D eigenvalue weighted by molar-refractivity contribution is -0.137. The molecule has 1 N–H and O–H groups in total. The number of nitrogens with zero attached hydrogens (tertiary/aromatic N) is 4. The molecule has 0 aliphatic carbocycles. The van der Waals surface area contributed by atoms with Crippen LogP contribution >= 0.6 is 11.3 Å². The van der Waals surface area contributed by atoms with Crippen LogP contribution in [0.1, 0.15) is 57.9 Å². The number of aryl methyl sites for hydroxylation is 2. The summed E-state index contributed by atoms with van der Waals surface area (Å²) in [6.07, 6.45) is 1.41. The van der Waals surface area contributed by atoms with E-state index in [1.54, 1.807) is 22.6 Å². The van der Waals surface area contributed by atoms with Crippen molar-refractivity contribution in [3.63, 3.8) is 0 Å². The zero-order valence-electron chi connectivity index (χ0n) is 23.6. The summed E-state index contributed by atoms with van der Waals surface area (Å²) in [6.45, 7) is 7.10. The lowest BCUT2D eigenvalue weighted by atomic mass is 9.71. The molecule has 0 bridgehead atoms. The first kappa shape index (κ1) is 28.5. The Kier molecular flexibility index (Phi) is 7.41. The number of benzene rings is 2. The molecule has 222 valence electrons. The van der Waals surface area contributed by atoms with Crippen LogP contribution in [0.2, 0.25) is 0 Å². The molecule has 0 radical (unpaired) electrons. The third-order valence-electron chi connectivity index (χ3n) is 8.85. The Labute approximate surface area is 246 Å². The van der Waals surface area contributed by atoms with Crippen LogP contribution in [0.5, 0.6) is 0 Å².